The van der Waals surface area contributed by atoms with Crippen LogP contribution in [0.2, 0.25) is 0 Å². The lowest BCUT2D eigenvalue weighted by Crippen LogP contribution is -2.12. The first-order valence-electron chi connectivity index (χ1n) is 10.2. The molecule has 0 nitrogen and oxygen atoms in total. The van der Waals surface area contributed by atoms with Gasteiger partial charge in [-0.2, -0.15) is 0 Å². The van der Waals surface area contributed by atoms with Crippen LogP contribution in [0.25, 0.3) is 0 Å². The van der Waals surface area contributed by atoms with E-state index in [1.54, 1.807) is 6.07 Å². The average molecular weight is 341 g/mol. The van der Waals surface area contributed by atoms with Crippen LogP contribution in [0.4, 0.5) is 4.39 Å². The molecule has 25 heavy (non-hydrogen) atoms. The minimum Gasteiger partial charge on any atom is -0.206 e. The molecule has 1 heteroatoms. The maximum Gasteiger partial charge on any atom is 0.139 e. The molecule has 0 aromatic heterocycles. The van der Waals surface area contributed by atoms with Crippen LogP contribution < -0.4 is 0 Å². The van der Waals surface area contributed by atoms with Gasteiger partial charge >= 0.3 is 0 Å². The van der Waals surface area contributed by atoms with Gasteiger partial charge < -0.3 is 0 Å². The monoisotopic (exact) mass is 340 g/mol. The molecule has 0 spiro atoms. The van der Waals surface area contributed by atoms with Crippen molar-refractivity contribution in [3.05, 3.63) is 47.3 Å². The molecule has 1 saturated carbocycles. The fourth-order valence-corrected chi connectivity index (χ4v) is 3.66. The van der Waals surface area contributed by atoms with E-state index in [1.807, 2.05) is 18.2 Å². The highest BCUT2D eigenvalue weighted by Crippen LogP contribution is 2.32. The second-order valence-corrected chi connectivity index (χ2v) is 7.47. The molecule has 0 radical (unpaired) electrons. The van der Waals surface area contributed by atoms with Gasteiger partial charge in [-0.15, -0.1) is 0 Å². The van der Waals surface area contributed by atoms with E-state index in [0.29, 0.717) is 11.5 Å². The van der Waals surface area contributed by atoms with Gasteiger partial charge in [0.1, 0.15) is 5.82 Å². The third-order valence-corrected chi connectivity index (χ3v) is 5.37. The summed E-state index contributed by atoms with van der Waals surface area (Å²) in [6.07, 6.45) is 16.7. The van der Waals surface area contributed by atoms with Gasteiger partial charge in [0, 0.05) is 0 Å². The summed E-state index contributed by atoms with van der Waals surface area (Å²) in [5, 5.41) is 0. The number of hydrogen-bond acceptors (Lipinski definition) is 0. The fourth-order valence-electron chi connectivity index (χ4n) is 3.66. The second kappa shape index (κ2) is 11.1. The molecule has 0 saturated heterocycles. The van der Waals surface area contributed by atoms with Crippen LogP contribution in [0.3, 0.4) is 0 Å². The summed E-state index contributed by atoms with van der Waals surface area (Å²) >= 11 is 0. The summed E-state index contributed by atoms with van der Waals surface area (Å²) in [7, 11) is 0. The van der Waals surface area contributed by atoms with Gasteiger partial charge in [-0.05, 0) is 74.1 Å². The highest BCUT2D eigenvalue weighted by atomic mass is 19.1. The zero-order chi connectivity index (χ0) is 17.9. The SMILES string of the molecule is CCCCc1ccc(C#CC=CC2CCC(CCCC)CC2)c(F)c1. The summed E-state index contributed by atoms with van der Waals surface area (Å²) in [6, 6.07) is 5.46. The predicted molar refractivity (Wildman–Crippen MR) is 106 cm³/mol. The number of unbranched alkanes of at least 4 members (excludes halogenated alkanes) is 2. The summed E-state index contributed by atoms with van der Waals surface area (Å²) < 4.78 is 14.1. The lowest BCUT2D eigenvalue weighted by atomic mass is 9.80. The van der Waals surface area contributed by atoms with Crippen molar-refractivity contribution in [3.8, 4) is 11.8 Å². The molecule has 0 unspecified atom stereocenters. The number of allylic oxidation sites excluding steroid dienone is 2. The van der Waals surface area contributed by atoms with Crippen molar-refractivity contribution in [1.29, 1.82) is 0 Å². The Balaban J connectivity index is 1.81. The van der Waals surface area contributed by atoms with E-state index in [1.165, 1.54) is 44.9 Å². The molecule has 1 fully saturated rings. The van der Waals surface area contributed by atoms with Crippen molar-refractivity contribution in [2.24, 2.45) is 11.8 Å². The van der Waals surface area contributed by atoms with Gasteiger partial charge in [-0.3, -0.25) is 0 Å². The van der Waals surface area contributed by atoms with Crippen molar-refractivity contribution in [2.45, 2.75) is 78.1 Å². The molecule has 1 aromatic rings. The minimum absolute atomic E-state index is 0.189. The fraction of sp³-hybridized carbons (Fsp3) is 0.583. The third kappa shape index (κ3) is 7.07. The summed E-state index contributed by atoms with van der Waals surface area (Å²) in [6.45, 7) is 4.43. The van der Waals surface area contributed by atoms with Gasteiger partial charge in [-0.1, -0.05) is 63.5 Å². The van der Waals surface area contributed by atoms with E-state index < -0.39 is 0 Å². The standard InChI is InChI=1S/C24H33F/c1-3-5-9-20-13-15-21(16-14-20)11-7-8-12-23-18-17-22(10-6-4-2)19-24(23)25/h7,11,17-21H,3-6,9-10,13-16H2,1-2H3. The van der Waals surface area contributed by atoms with Crippen LogP contribution in [0, 0.1) is 29.5 Å². The number of hydrogen-bond donors (Lipinski definition) is 0. The molecule has 0 bridgehead atoms. The Bertz CT molecular complexity index is 594. The van der Waals surface area contributed by atoms with Crippen LogP contribution in [0.5, 0.6) is 0 Å². The molecule has 0 N–H and O–H groups in total. The van der Waals surface area contributed by atoms with Crippen LogP contribution in [-0.4, -0.2) is 0 Å². The van der Waals surface area contributed by atoms with Crippen molar-refractivity contribution in [1.82, 2.24) is 0 Å². The first-order valence-corrected chi connectivity index (χ1v) is 10.2. The molecular formula is C24H33F. The molecule has 0 aliphatic heterocycles. The van der Waals surface area contributed by atoms with E-state index in [2.05, 4.69) is 31.8 Å². The molecule has 0 heterocycles. The predicted octanol–water partition coefficient (Wildman–Crippen LogP) is 7.07. The first kappa shape index (κ1) is 19.8. The third-order valence-electron chi connectivity index (χ3n) is 5.37. The van der Waals surface area contributed by atoms with Crippen molar-refractivity contribution in [3.63, 3.8) is 0 Å². The molecule has 136 valence electrons. The minimum atomic E-state index is -0.189. The zero-order valence-electron chi connectivity index (χ0n) is 16.0. The summed E-state index contributed by atoms with van der Waals surface area (Å²) in [5.41, 5.74) is 1.58. The molecule has 1 aliphatic rings. The maximum atomic E-state index is 14.1. The lowest BCUT2D eigenvalue weighted by Gasteiger charge is -2.26. The largest absolute Gasteiger partial charge is 0.206 e. The Kier molecular flexibility index (Phi) is 8.81. The Hall–Kier alpha value is -1.55. The molecular weight excluding hydrogens is 307 g/mol. The Morgan fingerprint density at radius 3 is 2.52 bits per heavy atom. The highest BCUT2D eigenvalue weighted by Gasteiger charge is 2.18. The summed E-state index contributed by atoms with van der Waals surface area (Å²) in [4.78, 5) is 0. The topological polar surface area (TPSA) is 0 Å². The van der Waals surface area contributed by atoms with Crippen LogP contribution >= 0.6 is 0 Å². The molecule has 0 atom stereocenters. The number of benzene rings is 1. The zero-order valence-corrected chi connectivity index (χ0v) is 16.0. The molecule has 0 amide bonds. The number of halogens is 1. The van der Waals surface area contributed by atoms with Gasteiger partial charge in [0.05, 0.1) is 5.56 Å². The lowest BCUT2D eigenvalue weighted by molar-refractivity contribution is 0.291. The van der Waals surface area contributed by atoms with E-state index in [9.17, 15) is 4.39 Å². The van der Waals surface area contributed by atoms with E-state index in [4.69, 9.17) is 0 Å². The maximum absolute atomic E-state index is 14.1. The van der Waals surface area contributed by atoms with Crippen molar-refractivity contribution in [2.75, 3.05) is 0 Å². The number of aryl methyl sites for hydroxylation is 1. The Morgan fingerprint density at radius 1 is 1.08 bits per heavy atom. The average Bonchev–Trinajstić information content (AvgIpc) is 2.64. The van der Waals surface area contributed by atoms with Gasteiger partial charge in [0.25, 0.3) is 0 Å². The van der Waals surface area contributed by atoms with Gasteiger partial charge in [-0.25, -0.2) is 4.39 Å². The van der Waals surface area contributed by atoms with Crippen molar-refractivity contribution < 1.29 is 4.39 Å². The summed E-state index contributed by atoms with van der Waals surface area (Å²) in [5.74, 6) is 7.40. The van der Waals surface area contributed by atoms with Gasteiger partial charge in [0.15, 0.2) is 0 Å². The Labute approximate surface area is 153 Å². The van der Waals surface area contributed by atoms with Gasteiger partial charge in [0.2, 0.25) is 0 Å². The van der Waals surface area contributed by atoms with E-state index in [-0.39, 0.29) is 5.82 Å². The quantitative estimate of drug-likeness (QED) is 0.465. The highest BCUT2D eigenvalue weighted by molar-refractivity contribution is 5.39. The smallest absolute Gasteiger partial charge is 0.139 e. The van der Waals surface area contributed by atoms with Crippen LogP contribution in [0.15, 0.2) is 30.4 Å². The molecule has 2 rings (SSSR count). The molecule has 1 aliphatic carbocycles. The van der Waals surface area contributed by atoms with Crippen LogP contribution in [0.1, 0.15) is 82.8 Å². The second-order valence-electron chi connectivity index (χ2n) is 7.47. The van der Waals surface area contributed by atoms with E-state index >= 15 is 0 Å². The Morgan fingerprint density at radius 2 is 1.84 bits per heavy atom. The number of rotatable bonds is 7. The normalized spacial score (nSPS) is 20.4. The first-order chi connectivity index (χ1) is 12.2. The van der Waals surface area contributed by atoms with Crippen molar-refractivity contribution >= 4 is 0 Å². The molecule has 1 aromatic carbocycles. The van der Waals surface area contributed by atoms with Crippen LogP contribution in [-0.2, 0) is 6.42 Å². The van der Waals surface area contributed by atoms with E-state index in [0.717, 1.165) is 30.7 Å².